The van der Waals surface area contributed by atoms with Crippen molar-refractivity contribution in [3.8, 4) is 0 Å². The maximum atomic E-state index is 12.7. The fourth-order valence-corrected chi connectivity index (χ4v) is 3.93. The van der Waals surface area contributed by atoms with Gasteiger partial charge in [0.05, 0.1) is 0 Å². The molecule has 0 aromatic heterocycles. The Balaban J connectivity index is 1.33. The number of anilines is 1. The van der Waals surface area contributed by atoms with Crippen LogP contribution in [0.1, 0.15) is 34.3 Å². The van der Waals surface area contributed by atoms with Crippen molar-refractivity contribution in [2.45, 2.75) is 25.9 Å². The van der Waals surface area contributed by atoms with Crippen molar-refractivity contribution in [2.24, 2.45) is 11.7 Å². The van der Waals surface area contributed by atoms with E-state index >= 15 is 0 Å². The number of rotatable bonds is 3. The number of benzene rings is 2. The number of nitrogens with zero attached hydrogens (tertiary/aromatic N) is 2. The summed E-state index contributed by atoms with van der Waals surface area (Å²) in [5.41, 5.74) is 8.90. The summed E-state index contributed by atoms with van der Waals surface area (Å²) < 4.78 is 0. The van der Waals surface area contributed by atoms with Crippen LogP contribution in [0.4, 0.5) is 10.5 Å². The zero-order chi connectivity index (χ0) is 20.4. The van der Waals surface area contributed by atoms with Crippen LogP contribution in [0.3, 0.4) is 0 Å². The summed E-state index contributed by atoms with van der Waals surface area (Å²) in [5, 5.41) is 2.89. The molecule has 2 aliphatic heterocycles. The average molecular weight is 392 g/mol. The number of carbonyl (C=O) groups is 3. The van der Waals surface area contributed by atoms with Gasteiger partial charge in [0.2, 0.25) is 5.91 Å². The molecule has 1 fully saturated rings. The number of nitrogens with one attached hydrogen (secondary N) is 1. The molecule has 29 heavy (non-hydrogen) atoms. The van der Waals surface area contributed by atoms with Crippen molar-refractivity contribution in [1.29, 1.82) is 0 Å². The highest BCUT2D eigenvalue weighted by molar-refractivity contribution is 5.95. The van der Waals surface area contributed by atoms with Gasteiger partial charge in [-0.2, -0.15) is 0 Å². The van der Waals surface area contributed by atoms with Crippen LogP contribution in [0, 0.1) is 5.92 Å². The molecule has 0 aliphatic carbocycles. The Kier molecular flexibility index (Phi) is 5.20. The fraction of sp³-hybridized carbons (Fsp3) is 0.318. The highest BCUT2D eigenvalue weighted by Crippen LogP contribution is 2.23. The number of piperidine rings is 1. The molecule has 4 rings (SSSR count). The molecule has 0 spiro atoms. The molecular formula is C22H24N4O3. The molecule has 150 valence electrons. The Hall–Kier alpha value is -3.35. The third-order valence-electron chi connectivity index (χ3n) is 5.70. The third-order valence-corrected chi connectivity index (χ3v) is 5.70. The van der Waals surface area contributed by atoms with E-state index in [0.717, 1.165) is 0 Å². The van der Waals surface area contributed by atoms with E-state index in [1.54, 1.807) is 34.1 Å². The van der Waals surface area contributed by atoms with Gasteiger partial charge in [-0.05, 0) is 48.2 Å². The minimum absolute atomic E-state index is 0.0687. The molecule has 0 atom stereocenters. The monoisotopic (exact) mass is 392 g/mol. The van der Waals surface area contributed by atoms with Gasteiger partial charge in [0, 0.05) is 43.3 Å². The topological polar surface area (TPSA) is 95.7 Å². The number of carbonyl (C=O) groups excluding carboxylic acids is 3. The van der Waals surface area contributed by atoms with Crippen LogP contribution in [0.15, 0.2) is 48.5 Å². The Morgan fingerprint density at radius 1 is 0.862 bits per heavy atom. The summed E-state index contributed by atoms with van der Waals surface area (Å²) in [6.45, 7) is 2.25. The minimum Gasteiger partial charge on any atom is -0.369 e. The third kappa shape index (κ3) is 4.08. The molecule has 0 saturated carbocycles. The molecule has 7 nitrogen and oxygen atoms in total. The summed E-state index contributed by atoms with van der Waals surface area (Å²) in [6, 6.07) is 14.8. The highest BCUT2D eigenvalue weighted by Gasteiger charge is 2.27. The van der Waals surface area contributed by atoms with Gasteiger partial charge in [-0.25, -0.2) is 4.79 Å². The van der Waals surface area contributed by atoms with Crippen LogP contribution < -0.4 is 11.1 Å². The lowest BCUT2D eigenvalue weighted by Gasteiger charge is -2.30. The van der Waals surface area contributed by atoms with Gasteiger partial charge in [-0.15, -0.1) is 0 Å². The number of hydrogen-bond acceptors (Lipinski definition) is 3. The van der Waals surface area contributed by atoms with Gasteiger partial charge in [-0.1, -0.05) is 24.3 Å². The van der Waals surface area contributed by atoms with Crippen molar-refractivity contribution in [3.63, 3.8) is 0 Å². The number of likely N-dealkylation sites (tertiary alicyclic amines) is 1. The Bertz CT molecular complexity index is 908. The van der Waals surface area contributed by atoms with Gasteiger partial charge in [0.1, 0.15) is 0 Å². The summed E-state index contributed by atoms with van der Waals surface area (Å²) in [5.74, 6) is -0.507. The molecular weight excluding hydrogens is 368 g/mol. The number of primary amides is 1. The van der Waals surface area contributed by atoms with E-state index in [9.17, 15) is 14.4 Å². The summed E-state index contributed by atoms with van der Waals surface area (Å²) in [6.07, 6.45) is 1.21. The first-order valence-electron chi connectivity index (χ1n) is 9.82. The van der Waals surface area contributed by atoms with Crippen LogP contribution in [-0.2, 0) is 17.9 Å². The number of hydrogen-bond donors (Lipinski definition) is 2. The molecule has 0 radical (unpaired) electrons. The molecule has 2 aromatic carbocycles. The van der Waals surface area contributed by atoms with Crippen molar-refractivity contribution < 1.29 is 14.4 Å². The summed E-state index contributed by atoms with van der Waals surface area (Å²) in [7, 11) is 0. The molecule has 2 aliphatic rings. The largest absolute Gasteiger partial charge is 0.369 e. The number of urea groups is 1. The first kappa shape index (κ1) is 19.0. The highest BCUT2D eigenvalue weighted by atomic mass is 16.2. The van der Waals surface area contributed by atoms with Crippen LogP contribution in [0.25, 0.3) is 0 Å². The zero-order valence-electron chi connectivity index (χ0n) is 16.1. The van der Waals surface area contributed by atoms with Crippen molar-refractivity contribution in [1.82, 2.24) is 9.80 Å². The fourth-order valence-electron chi connectivity index (χ4n) is 3.93. The molecule has 4 amide bonds. The van der Waals surface area contributed by atoms with Gasteiger partial charge < -0.3 is 20.9 Å². The standard InChI is InChI=1S/C22H24N4O3/c23-20(27)15-9-11-25(12-10-15)21(28)16-5-7-19(8-6-16)24-22(29)26-13-17-3-1-2-4-18(17)14-26/h1-8,15H,9-14H2,(H2,23,27)(H,24,29). The second-order valence-corrected chi connectivity index (χ2v) is 7.60. The van der Waals surface area contributed by atoms with E-state index in [4.69, 9.17) is 5.73 Å². The van der Waals surface area contributed by atoms with Crippen molar-refractivity contribution in [2.75, 3.05) is 18.4 Å². The summed E-state index contributed by atoms with van der Waals surface area (Å²) >= 11 is 0. The Labute approximate surface area is 169 Å². The molecule has 2 heterocycles. The van der Waals surface area contributed by atoms with E-state index in [2.05, 4.69) is 5.32 Å². The maximum absolute atomic E-state index is 12.7. The van der Waals surface area contributed by atoms with Gasteiger partial charge in [-0.3, -0.25) is 9.59 Å². The number of amides is 4. The second-order valence-electron chi connectivity index (χ2n) is 7.60. The van der Waals surface area contributed by atoms with E-state index in [-0.39, 0.29) is 23.8 Å². The second kappa shape index (κ2) is 7.95. The lowest BCUT2D eigenvalue weighted by atomic mass is 9.96. The minimum atomic E-state index is -0.293. The quantitative estimate of drug-likeness (QED) is 0.840. The molecule has 0 bridgehead atoms. The molecule has 0 unspecified atom stereocenters. The van der Waals surface area contributed by atoms with E-state index in [0.29, 0.717) is 50.3 Å². The zero-order valence-corrected chi connectivity index (χ0v) is 16.1. The molecule has 3 N–H and O–H groups in total. The van der Waals surface area contributed by atoms with Crippen LogP contribution in [0.5, 0.6) is 0 Å². The lowest BCUT2D eigenvalue weighted by molar-refractivity contribution is -0.123. The van der Waals surface area contributed by atoms with Gasteiger partial charge >= 0.3 is 6.03 Å². The SMILES string of the molecule is NC(=O)C1CCN(C(=O)c2ccc(NC(=O)N3Cc4ccccc4C3)cc2)CC1. The predicted molar refractivity (Wildman–Crippen MR) is 109 cm³/mol. The maximum Gasteiger partial charge on any atom is 0.322 e. The van der Waals surface area contributed by atoms with Crippen LogP contribution in [0.2, 0.25) is 0 Å². The first-order chi connectivity index (χ1) is 14.0. The van der Waals surface area contributed by atoms with E-state index < -0.39 is 0 Å². The van der Waals surface area contributed by atoms with Crippen molar-refractivity contribution >= 4 is 23.5 Å². The van der Waals surface area contributed by atoms with E-state index in [1.807, 2.05) is 24.3 Å². The normalized spacial score (nSPS) is 16.4. The first-order valence-corrected chi connectivity index (χ1v) is 9.82. The molecule has 7 heteroatoms. The van der Waals surface area contributed by atoms with E-state index in [1.165, 1.54) is 11.1 Å². The predicted octanol–water partition coefficient (Wildman–Crippen LogP) is 2.57. The number of fused-ring (bicyclic) bond motifs is 1. The smallest absolute Gasteiger partial charge is 0.322 e. The van der Waals surface area contributed by atoms with Gasteiger partial charge in [0.25, 0.3) is 5.91 Å². The molecule has 2 aromatic rings. The number of nitrogens with two attached hydrogens (primary N) is 1. The van der Waals surface area contributed by atoms with Crippen LogP contribution >= 0.6 is 0 Å². The Morgan fingerprint density at radius 3 is 2.00 bits per heavy atom. The summed E-state index contributed by atoms with van der Waals surface area (Å²) in [4.78, 5) is 40.0. The Morgan fingerprint density at radius 2 is 1.45 bits per heavy atom. The lowest BCUT2D eigenvalue weighted by Crippen LogP contribution is -2.41. The molecule has 1 saturated heterocycles. The average Bonchev–Trinajstić information content (AvgIpc) is 3.18. The van der Waals surface area contributed by atoms with Crippen molar-refractivity contribution in [3.05, 3.63) is 65.2 Å². The van der Waals surface area contributed by atoms with Gasteiger partial charge in [0.15, 0.2) is 0 Å². The van der Waals surface area contributed by atoms with Crippen LogP contribution in [-0.4, -0.2) is 40.7 Å².